The molecule has 22 nitrogen and oxygen atoms in total. The van der Waals surface area contributed by atoms with Crippen molar-refractivity contribution in [1.29, 1.82) is 0 Å². The number of hydrogen-bond donors (Lipinski definition) is 2. The minimum atomic E-state index is -4.06. The van der Waals surface area contributed by atoms with Crippen LogP contribution >= 0.6 is 0 Å². The van der Waals surface area contributed by atoms with E-state index in [1.54, 1.807) is 38.6 Å². The number of sulfone groups is 2. The lowest BCUT2D eigenvalue weighted by Gasteiger charge is -2.35. The summed E-state index contributed by atoms with van der Waals surface area (Å²) in [5, 5.41) is 42.9. The first-order valence-electron chi connectivity index (χ1n) is 22.3. The Morgan fingerprint density at radius 2 is 0.878 bits per heavy atom. The number of piperidine rings is 2. The number of para-hydroxylation sites is 2. The van der Waals surface area contributed by atoms with Gasteiger partial charge in [-0.25, -0.2) is 63.1 Å². The zero-order valence-electron chi connectivity index (χ0n) is 38.8. The van der Waals surface area contributed by atoms with Gasteiger partial charge in [0.1, 0.15) is 57.5 Å². The second-order valence-electron chi connectivity index (χ2n) is 17.3. The van der Waals surface area contributed by atoms with E-state index in [-0.39, 0.29) is 85.6 Å². The minimum Gasteiger partial charge on any atom is -0.391 e. The van der Waals surface area contributed by atoms with Gasteiger partial charge >= 0.3 is 0 Å². The van der Waals surface area contributed by atoms with Gasteiger partial charge in [-0.1, -0.05) is 12.1 Å². The van der Waals surface area contributed by atoms with Crippen molar-refractivity contribution >= 4 is 31.6 Å². The molecule has 0 radical (unpaired) electrons. The molecule has 8 aromatic rings. The Balaban J connectivity index is 0.000000182. The normalized spacial score (nSPS) is 18.4. The standard InChI is InChI=1S/2C22H21F3N8O3S/c2*1-31-6-5-18(30-31)21-29-28-19(33(21)20-16(24)3-2-4-17(20)25)12-37(35,36)15-7-14(34)10-32(11-15)22-26-8-13(23)9-27-22/h2*2-6,8-9,14-15,34H,7,10-12H2,1H3/t2*14-,15+/m10/s1. The molecular weight excluding hydrogens is 1030 g/mol. The number of rotatable bonds is 12. The molecule has 2 aromatic carbocycles. The SMILES string of the molecule is Cn1ccc(-c2nnc(CS(=O)(=O)[C@@H]3C[C@H](O)CN(c4ncc(F)cn4)C3)n2-c2c(F)cccc2F)n1.Cn1ccc(-c2nnc(CS(=O)(=O)[C@H]3C[C@@H](O)CN(c4ncc(F)cn4)C3)n2-c2c(F)cccc2F)n1. The van der Waals surface area contributed by atoms with Crippen LogP contribution in [0.4, 0.5) is 38.2 Å². The van der Waals surface area contributed by atoms with E-state index in [1.807, 2.05) is 0 Å². The molecule has 30 heteroatoms. The van der Waals surface area contributed by atoms with Crippen LogP contribution in [0.15, 0.2) is 85.7 Å². The van der Waals surface area contributed by atoms with Gasteiger partial charge in [0.2, 0.25) is 11.9 Å². The summed E-state index contributed by atoms with van der Waals surface area (Å²) in [5.41, 5.74) is -0.616. The van der Waals surface area contributed by atoms with E-state index in [0.29, 0.717) is 0 Å². The lowest BCUT2D eigenvalue weighted by atomic mass is 10.1. The molecule has 2 aliphatic rings. The largest absolute Gasteiger partial charge is 0.391 e. The summed E-state index contributed by atoms with van der Waals surface area (Å²) in [6, 6.07) is 9.63. The molecule has 0 unspecified atom stereocenters. The summed E-state index contributed by atoms with van der Waals surface area (Å²) in [7, 11) is -4.84. The van der Waals surface area contributed by atoms with Crippen LogP contribution in [-0.4, -0.2) is 145 Å². The molecule has 388 valence electrons. The van der Waals surface area contributed by atoms with Gasteiger partial charge in [0.15, 0.2) is 54.6 Å². The monoisotopic (exact) mass is 1070 g/mol. The Morgan fingerprint density at radius 1 is 0.527 bits per heavy atom. The number of benzene rings is 2. The number of β-amino-alcohol motifs (C(OH)–C–C–N with tert-alkyl or cyclic N) is 2. The molecule has 6 aromatic heterocycles. The third-order valence-electron chi connectivity index (χ3n) is 11.9. The van der Waals surface area contributed by atoms with Crippen LogP contribution in [0.5, 0.6) is 0 Å². The maximum absolute atomic E-state index is 14.8. The van der Waals surface area contributed by atoms with Crippen LogP contribution in [0.25, 0.3) is 34.4 Å². The second-order valence-corrected chi connectivity index (χ2v) is 21.9. The number of aliphatic hydroxyl groups excluding tert-OH is 2. The smallest absolute Gasteiger partial charge is 0.225 e. The minimum absolute atomic E-state index is 0.0418. The van der Waals surface area contributed by atoms with Gasteiger partial charge in [-0.2, -0.15) is 10.2 Å². The highest BCUT2D eigenvalue weighted by Gasteiger charge is 2.39. The summed E-state index contributed by atoms with van der Waals surface area (Å²) in [6.07, 6.45) is 4.71. The number of aromatic nitrogens is 14. The highest BCUT2D eigenvalue weighted by molar-refractivity contribution is 7.91. The average molecular weight is 1070 g/mol. The van der Waals surface area contributed by atoms with Crippen LogP contribution in [0.2, 0.25) is 0 Å². The molecule has 74 heavy (non-hydrogen) atoms. The molecule has 10 rings (SSSR count). The number of hydrogen-bond acceptors (Lipinski definition) is 18. The number of aryl methyl sites for hydroxylation is 2. The van der Waals surface area contributed by atoms with Crippen LogP contribution in [0.3, 0.4) is 0 Å². The first-order valence-corrected chi connectivity index (χ1v) is 25.7. The molecule has 2 N–H and O–H groups in total. The van der Waals surface area contributed by atoms with E-state index < -0.39 is 100 Å². The molecule has 0 bridgehead atoms. The van der Waals surface area contributed by atoms with Gasteiger partial charge in [-0.15, -0.1) is 20.4 Å². The molecule has 0 aliphatic carbocycles. The quantitative estimate of drug-likeness (QED) is 0.167. The van der Waals surface area contributed by atoms with Crippen molar-refractivity contribution in [2.24, 2.45) is 14.1 Å². The van der Waals surface area contributed by atoms with E-state index in [2.05, 4.69) is 50.5 Å². The van der Waals surface area contributed by atoms with E-state index in [4.69, 9.17) is 0 Å². The summed E-state index contributed by atoms with van der Waals surface area (Å²) in [5.74, 6) is -6.94. The van der Waals surface area contributed by atoms with Crippen LogP contribution in [0, 0.1) is 34.9 Å². The second kappa shape index (κ2) is 20.7. The van der Waals surface area contributed by atoms with E-state index in [9.17, 15) is 53.4 Å². The van der Waals surface area contributed by atoms with Gasteiger partial charge in [-0.3, -0.25) is 18.5 Å². The van der Waals surface area contributed by atoms with Crippen molar-refractivity contribution in [1.82, 2.24) is 69.0 Å². The highest BCUT2D eigenvalue weighted by atomic mass is 32.2. The van der Waals surface area contributed by atoms with Crippen molar-refractivity contribution < 1.29 is 53.4 Å². The fourth-order valence-electron chi connectivity index (χ4n) is 8.53. The Hall–Kier alpha value is -7.70. The lowest BCUT2D eigenvalue weighted by molar-refractivity contribution is 0.154. The van der Waals surface area contributed by atoms with Gasteiger partial charge in [0.25, 0.3) is 0 Å². The predicted molar refractivity (Wildman–Crippen MR) is 249 cm³/mol. The molecule has 2 saturated heterocycles. The molecular formula is C44H42F6N16O6S2. The fourth-order valence-corrected chi connectivity index (χ4v) is 11.9. The van der Waals surface area contributed by atoms with E-state index in [0.717, 1.165) is 58.2 Å². The van der Waals surface area contributed by atoms with Gasteiger partial charge in [0, 0.05) is 52.7 Å². The Bertz CT molecular complexity index is 3270. The zero-order valence-corrected chi connectivity index (χ0v) is 40.4. The van der Waals surface area contributed by atoms with Crippen LogP contribution < -0.4 is 9.80 Å². The number of nitrogens with zero attached hydrogens (tertiary/aromatic N) is 16. The Morgan fingerprint density at radius 3 is 1.20 bits per heavy atom. The molecule has 8 heterocycles. The highest BCUT2D eigenvalue weighted by Crippen LogP contribution is 2.31. The van der Waals surface area contributed by atoms with Crippen molar-refractivity contribution in [2.45, 2.75) is 47.1 Å². The molecule has 4 atom stereocenters. The summed E-state index contributed by atoms with van der Waals surface area (Å²) >= 11 is 0. The Labute approximate surface area is 416 Å². The fraction of sp³-hybridized carbons (Fsp3) is 0.318. The van der Waals surface area contributed by atoms with Crippen molar-refractivity contribution in [3.05, 3.63) is 132 Å². The van der Waals surface area contributed by atoms with E-state index in [1.165, 1.54) is 31.3 Å². The molecule has 2 fully saturated rings. The van der Waals surface area contributed by atoms with Crippen molar-refractivity contribution in [3.63, 3.8) is 0 Å². The summed E-state index contributed by atoms with van der Waals surface area (Å²) in [6.45, 7) is -0.0587. The third kappa shape index (κ3) is 10.8. The number of anilines is 2. The zero-order chi connectivity index (χ0) is 52.6. The summed E-state index contributed by atoms with van der Waals surface area (Å²) < 4.78 is 145. The third-order valence-corrected chi connectivity index (χ3v) is 15.9. The van der Waals surface area contributed by atoms with Gasteiger partial charge in [0.05, 0.1) is 47.5 Å². The predicted octanol–water partition coefficient (Wildman–Crippen LogP) is 2.86. The maximum Gasteiger partial charge on any atom is 0.225 e. The lowest BCUT2D eigenvalue weighted by Crippen LogP contribution is -2.49. The van der Waals surface area contributed by atoms with Crippen molar-refractivity contribution in [3.8, 4) is 34.4 Å². The molecule has 0 saturated carbocycles. The average Bonchev–Trinajstić information content (AvgIpc) is 4.17. The maximum atomic E-state index is 14.8. The summed E-state index contributed by atoms with van der Waals surface area (Å²) in [4.78, 5) is 18.3. The molecule has 0 spiro atoms. The number of halogens is 6. The van der Waals surface area contributed by atoms with Crippen LogP contribution in [-0.2, 0) is 45.3 Å². The Kier molecular flexibility index (Phi) is 14.3. The van der Waals surface area contributed by atoms with Crippen LogP contribution in [0.1, 0.15) is 24.5 Å². The first-order chi connectivity index (χ1) is 35.2. The molecule has 0 amide bonds. The first kappa shape index (κ1) is 51.2. The number of aliphatic hydroxyl groups is 2. The van der Waals surface area contributed by atoms with Gasteiger partial charge in [-0.05, 0) is 49.2 Å². The van der Waals surface area contributed by atoms with E-state index >= 15 is 0 Å². The van der Waals surface area contributed by atoms with Gasteiger partial charge < -0.3 is 20.0 Å². The topological polar surface area (TPSA) is 264 Å². The van der Waals surface area contributed by atoms with Crippen molar-refractivity contribution in [2.75, 3.05) is 36.0 Å². The molecule has 2 aliphatic heterocycles.